The molecule has 0 spiro atoms. The van der Waals surface area contributed by atoms with E-state index in [2.05, 4.69) is 0 Å². The van der Waals surface area contributed by atoms with Crippen molar-refractivity contribution in [3.05, 3.63) is 60.2 Å². The Morgan fingerprint density at radius 2 is 1.74 bits per heavy atom. The quantitative estimate of drug-likeness (QED) is 0.777. The van der Waals surface area contributed by atoms with Gasteiger partial charge in [0.2, 0.25) is 5.60 Å². The number of ether oxygens (including phenoxy) is 2. The highest BCUT2D eigenvalue weighted by Gasteiger charge is 2.40. The van der Waals surface area contributed by atoms with E-state index in [0.717, 1.165) is 0 Å². The molecule has 4 heteroatoms. The topological polar surface area (TPSA) is 52.6 Å². The molecule has 98 valence electrons. The van der Waals surface area contributed by atoms with Gasteiger partial charge >= 0.3 is 11.9 Å². The number of carbonyl (C=O) groups excluding carboxylic acids is 2. The molecule has 1 aliphatic rings. The summed E-state index contributed by atoms with van der Waals surface area (Å²) in [5.41, 5.74) is -1.05. The minimum absolute atomic E-state index is 0.227. The number of allylic oxidation sites excluding steroid dienone is 2. The van der Waals surface area contributed by atoms with Gasteiger partial charge in [0.05, 0.1) is 12.2 Å². The van der Waals surface area contributed by atoms with Gasteiger partial charge in [-0.15, -0.1) is 0 Å². The second-order valence-electron chi connectivity index (χ2n) is 3.99. The van der Waals surface area contributed by atoms with E-state index in [1.54, 1.807) is 49.4 Å². The molecule has 19 heavy (non-hydrogen) atoms. The van der Waals surface area contributed by atoms with E-state index >= 15 is 0 Å². The van der Waals surface area contributed by atoms with Crippen LogP contribution in [0.25, 0.3) is 0 Å². The molecule has 0 radical (unpaired) electrons. The largest absolute Gasteiger partial charge is 0.463 e. The molecular formula is C15H14O4. The third-order valence-corrected chi connectivity index (χ3v) is 2.66. The fourth-order valence-corrected chi connectivity index (χ4v) is 1.73. The van der Waals surface area contributed by atoms with Crippen molar-refractivity contribution < 1.29 is 19.1 Å². The van der Waals surface area contributed by atoms with Crippen LogP contribution in [0.1, 0.15) is 17.3 Å². The number of hydrogen-bond acceptors (Lipinski definition) is 4. The molecule has 1 aromatic carbocycles. The van der Waals surface area contributed by atoms with E-state index < -0.39 is 17.5 Å². The van der Waals surface area contributed by atoms with Crippen LogP contribution in [0.2, 0.25) is 0 Å². The summed E-state index contributed by atoms with van der Waals surface area (Å²) in [7, 11) is 0. The highest BCUT2D eigenvalue weighted by atomic mass is 16.6. The zero-order chi connectivity index (χ0) is 13.7. The number of benzene rings is 1. The van der Waals surface area contributed by atoms with E-state index in [1.165, 1.54) is 12.2 Å². The first-order valence-corrected chi connectivity index (χ1v) is 6.00. The van der Waals surface area contributed by atoms with E-state index in [4.69, 9.17) is 9.47 Å². The molecule has 0 bridgehead atoms. The summed E-state index contributed by atoms with van der Waals surface area (Å²) < 4.78 is 10.3. The monoisotopic (exact) mass is 258 g/mol. The Hall–Kier alpha value is -2.36. The van der Waals surface area contributed by atoms with Crippen LogP contribution in [-0.2, 0) is 14.3 Å². The van der Waals surface area contributed by atoms with Crippen molar-refractivity contribution in [2.75, 3.05) is 6.61 Å². The average Bonchev–Trinajstić information content (AvgIpc) is 2.90. The maximum absolute atomic E-state index is 12.0. The molecule has 0 aliphatic heterocycles. The van der Waals surface area contributed by atoms with Gasteiger partial charge in [0.1, 0.15) is 0 Å². The van der Waals surface area contributed by atoms with Gasteiger partial charge in [0.25, 0.3) is 0 Å². The van der Waals surface area contributed by atoms with Crippen LogP contribution < -0.4 is 0 Å². The highest BCUT2D eigenvalue weighted by molar-refractivity contribution is 5.95. The Balaban J connectivity index is 2.19. The van der Waals surface area contributed by atoms with Gasteiger partial charge in [-0.1, -0.05) is 30.4 Å². The lowest BCUT2D eigenvalue weighted by molar-refractivity contribution is -0.156. The van der Waals surface area contributed by atoms with Crippen LogP contribution in [0, 0.1) is 0 Å². The molecule has 0 fully saturated rings. The van der Waals surface area contributed by atoms with Gasteiger partial charge in [-0.3, -0.25) is 0 Å². The van der Waals surface area contributed by atoms with Gasteiger partial charge in [-0.25, -0.2) is 9.59 Å². The van der Waals surface area contributed by atoms with E-state index in [0.29, 0.717) is 5.56 Å². The Labute approximate surface area is 111 Å². The molecule has 2 rings (SSSR count). The van der Waals surface area contributed by atoms with Crippen LogP contribution >= 0.6 is 0 Å². The lowest BCUT2D eigenvalue weighted by atomic mass is 10.1. The maximum Gasteiger partial charge on any atom is 0.358 e. The number of carbonyl (C=O) groups is 2. The summed E-state index contributed by atoms with van der Waals surface area (Å²) in [6, 6.07) is 8.52. The summed E-state index contributed by atoms with van der Waals surface area (Å²) in [5.74, 6) is -1.16. The SMILES string of the molecule is CCOC(=O)C1(OC(=O)c2ccccc2)C=CC=C1. The van der Waals surface area contributed by atoms with Gasteiger partial charge in [0, 0.05) is 0 Å². The minimum Gasteiger partial charge on any atom is -0.463 e. The Morgan fingerprint density at radius 1 is 1.11 bits per heavy atom. The summed E-state index contributed by atoms with van der Waals surface area (Å²) in [6.07, 6.45) is 6.31. The lowest BCUT2D eigenvalue weighted by Crippen LogP contribution is -2.40. The predicted octanol–water partition coefficient (Wildman–Crippen LogP) is 2.27. The first-order chi connectivity index (χ1) is 9.18. The van der Waals surface area contributed by atoms with Crippen LogP contribution in [0.4, 0.5) is 0 Å². The van der Waals surface area contributed by atoms with Crippen LogP contribution in [0.5, 0.6) is 0 Å². The molecule has 0 amide bonds. The number of esters is 2. The van der Waals surface area contributed by atoms with E-state index in [9.17, 15) is 9.59 Å². The van der Waals surface area contributed by atoms with Crippen molar-refractivity contribution in [1.82, 2.24) is 0 Å². The third kappa shape index (κ3) is 2.73. The van der Waals surface area contributed by atoms with Crippen molar-refractivity contribution >= 4 is 11.9 Å². The van der Waals surface area contributed by atoms with Crippen molar-refractivity contribution in [2.24, 2.45) is 0 Å². The molecule has 1 aliphatic carbocycles. The molecule has 0 heterocycles. The molecule has 0 saturated carbocycles. The fraction of sp³-hybridized carbons (Fsp3) is 0.200. The van der Waals surface area contributed by atoms with Crippen molar-refractivity contribution in [3.63, 3.8) is 0 Å². The minimum atomic E-state index is -1.44. The predicted molar refractivity (Wildman–Crippen MR) is 69.5 cm³/mol. The fourth-order valence-electron chi connectivity index (χ4n) is 1.73. The summed E-state index contributed by atoms with van der Waals surface area (Å²) in [4.78, 5) is 23.9. The van der Waals surface area contributed by atoms with Crippen LogP contribution in [-0.4, -0.2) is 24.1 Å². The highest BCUT2D eigenvalue weighted by Crippen LogP contribution is 2.24. The molecule has 0 saturated heterocycles. The van der Waals surface area contributed by atoms with Gasteiger partial charge < -0.3 is 9.47 Å². The Morgan fingerprint density at radius 3 is 2.32 bits per heavy atom. The van der Waals surface area contributed by atoms with E-state index in [1.807, 2.05) is 0 Å². The molecule has 0 unspecified atom stereocenters. The maximum atomic E-state index is 12.0. The third-order valence-electron chi connectivity index (χ3n) is 2.66. The van der Waals surface area contributed by atoms with Crippen molar-refractivity contribution in [3.8, 4) is 0 Å². The Bertz CT molecular complexity index is 516. The van der Waals surface area contributed by atoms with Gasteiger partial charge in [-0.2, -0.15) is 0 Å². The van der Waals surface area contributed by atoms with Gasteiger partial charge in [0.15, 0.2) is 0 Å². The molecular weight excluding hydrogens is 244 g/mol. The molecule has 0 aromatic heterocycles. The van der Waals surface area contributed by atoms with Crippen LogP contribution in [0.3, 0.4) is 0 Å². The average molecular weight is 258 g/mol. The van der Waals surface area contributed by atoms with Crippen molar-refractivity contribution in [2.45, 2.75) is 12.5 Å². The number of hydrogen-bond donors (Lipinski definition) is 0. The zero-order valence-electron chi connectivity index (χ0n) is 10.5. The normalized spacial score (nSPS) is 15.2. The molecule has 0 atom stereocenters. The van der Waals surface area contributed by atoms with Gasteiger partial charge in [-0.05, 0) is 31.2 Å². The van der Waals surface area contributed by atoms with E-state index in [-0.39, 0.29) is 6.61 Å². The second-order valence-corrected chi connectivity index (χ2v) is 3.99. The second kappa shape index (κ2) is 5.52. The molecule has 4 nitrogen and oxygen atoms in total. The lowest BCUT2D eigenvalue weighted by Gasteiger charge is -2.23. The number of rotatable bonds is 4. The summed E-state index contributed by atoms with van der Waals surface area (Å²) in [5, 5.41) is 0. The molecule has 0 N–H and O–H groups in total. The molecule has 1 aromatic rings. The zero-order valence-corrected chi connectivity index (χ0v) is 10.5. The summed E-state index contributed by atoms with van der Waals surface area (Å²) in [6.45, 7) is 1.93. The first kappa shape index (κ1) is 13.1. The van der Waals surface area contributed by atoms with Crippen LogP contribution in [0.15, 0.2) is 54.6 Å². The smallest absolute Gasteiger partial charge is 0.358 e. The standard InChI is InChI=1S/C15H14O4/c1-2-18-14(17)15(10-6-7-11-15)19-13(16)12-8-4-3-5-9-12/h3-11H,2H2,1H3. The Kier molecular flexibility index (Phi) is 3.80. The first-order valence-electron chi connectivity index (χ1n) is 6.00. The summed E-state index contributed by atoms with van der Waals surface area (Å²) >= 11 is 0. The van der Waals surface area contributed by atoms with Crippen molar-refractivity contribution in [1.29, 1.82) is 0 Å².